The van der Waals surface area contributed by atoms with Gasteiger partial charge in [0.25, 0.3) is 0 Å². The zero-order chi connectivity index (χ0) is 21.9. The number of hydrogen-bond donors (Lipinski definition) is 1. The largest absolute Gasteiger partial charge is 0.481 e. The first-order valence-corrected chi connectivity index (χ1v) is 12.7. The number of rotatable bonds is 18. The minimum absolute atomic E-state index is 0.303. The molecule has 0 heterocycles. The number of unbranched alkanes of at least 4 members (excludes halogenated alkanes) is 12. The molecule has 1 fully saturated rings. The number of hydrogen-bond acceptors (Lipinski definition) is 3. The van der Waals surface area contributed by atoms with Crippen LogP contribution in [0, 0.1) is 11.8 Å². The summed E-state index contributed by atoms with van der Waals surface area (Å²) in [6.07, 6.45) is 25.4. The van der Waals surface area contributed by atoms with Gasteiger partial charge in [-0.05, 0) is 51.4 Å². The molecule has 0 amide bonds. The molecule has 0 bridgehead atoms. The van der Waals surface area contributed by atoms with Gasteiger partial charge < -0.3 is 9.84 Å². The van der Waals surface area contributed by atoms with E-state index in [1.54, 1.807) is 0 Å². The lowest BCUT2D eigenvalue weighted by atomic mass is 9.79. The van der Waals surface area contributed by atoms with E-state index in [0.717, 1.165) is 38.5 Å². The molecule has 1 saturated carbocycles. The molecule has 4 nitrogen and oxygen atoms in total. The molecule has 0 aromatic heterocycles. The van der Waals surface area contributed by atoms with Crippen molar-refractivity contribution in [2.75, 3.05) is 6.61 Å². The number of carboxylic acids is 1. The van der Waals surface area contributed by atoms with E-state index in [1.165, 1.54) is 64.2 Å². The summed E-state index contributed by atoms with van der Waals surface area (Å²) in [5, 5.41) is 9.26. The standard InChI is InChI=1S/C26H46O4/c1-2-3-4-5-6-7-8-9-10-11-12-13-14-15-16-19-22-30-26(29)24-21-18-17-20-23(24)25(27)28/h12-13,23-24H,2-11,14-22H2,1H3,(H,27,28)/b13-12+. The molecule has 1 aliphatic carbocycles. The molecule has 1 N–H and O–H groups in total. The van der Waals surface area contributed by atoms with Crippen LogP contribution in [0.15, 0.2) is 12.2 Å². The summed E-state index contributed by atoms with van der Waals surface area (Å²) in [5.74, 6) is -2.16. The number of esters is 1. The third-order valence-corrected chi connectivity index (χ3v) is 6.29. The number of carboxylic acid groups (broad SMARTS) is 1. The van der Waals surface area contributed by atoms with Gasteiger partial charge in [0.1, 0.15) is 0 Å². The molecule has 1 rings (SSSR count). The van der Waals surface area contributed by atoms with Crippen LogP contribution < -0.4 is 0 Å². The first kappa shape index (κ1) is 26.7. The third-order valence-electron chi connectivity index (χ3n) is 6.29. The smallest absolute Gasteiger partial charge is 0.309 e. The van der Waals surface area contributed by atoms with Gasteiger partial charge in [-0.2, -0.15) is 0 Å². The summed E-state index contributed by atoms with van der Waals surface area (Å²) in [6, 6.07) is 0. The molecule has 4 heteroatoms. The first-order chi connectivity index (χ1) is 14.7. The van der Waals surface area contributed by atoms with Crippen molar-refractivity contribution in [1.82, 2.24) is 0 Å². The third kappa shape index (κ3) is 13.1. The Kier molecular flexibility index (Phi) is 16.4. The van der Waals surface area contributed by atoms with E-state index >= 15 is 0 Å². The lowest BCUT2D eigenvalue weighted by Crippen LogP contribution is -2.33. The summed E-state index contributed by atoms with van der Waals surface area (Å²) in [5.41, 5.74) is 0. The molecule has 0 saturated heterocycles. The number of carbonyl (C=O) groups excluding carboxylic acids is 1. The van der Waals surface area contributed by atoms with Gasteiger partial charge in [-0.15, -0.1) is 0 Å². The normalized spacial score (nSPS) is 19.2. The minimum atomic E-state index is -0.856. The van der Waals surface area contributed by atoms with E-state index in [9.17, 15) is 14.7 Å². The van der Waals surface area contributed by atoms with Crippen LogP contribution in [0.2, 0.25) is 0 Å². The minimum Gasteiger partial charge on any atom is -0.481 e. The fourth-order valence-corrected chi connectivity index (χ4v) is 4.34. The quantitative estimate of drug-likeness (QED) is 0.141. The molecule has 0 aromatic carbocycles. The van der Waals surface area contributed by atoms with Crippen LogP contribution in [0.1, 0.15) is 122 Å². The molecule has 0 aliphatic heterocycles. The number of aliphatic carboxylic acids is 1. The molecule has 0 spiro atoms. The number of carbonyl (C=O) groups is 2. The maximum atomic E-state index is 12.2. The Balaban J connectivity index is 1.90. The predicted octanol–water partition coefficient (Wildman–Crippen LogP) is 7.46. The summed E-state index contributed by atoms with van der Waals surface area (Å²) in [4.78, 5) is 23.5. The molecule has 0 aromatic rings. The second kappa shape index (κ2) is 18.4. The molecule has 2 atom stereocenters. The molecular formula is C26H46O4. The van der Waals surface area contributed by atoms with Gasteiger partial charge in [0.15, 0.2) is 0 Å². The summed E-state index contributed by atoms with van der Waals surface area (Å²) in [7, 11) is 0. The second-order valence-corrected chi connectivity index (χ2v) is 8.94. The predicted molar refractivity (Wildman–Crippen MR) is 123 cm³/mol. The molecule has 2 unspecified atom stereocenters. The second-order valence-electron chi connectivity index (χ2n) is 8.94. The monoisotopic (exact) mass is 422 g/mol. The molecule has 174 valence electrons. The Morgan fingerprint density at radius 3 is 1.83 bits per heavy atom. The van der Waals surface area contributed by atoms with E-state index < -0.39 is 17.8 Å². The highest BCUT2D eigenvalue weighted by molar-refractivity contribution is 5.81. The van der Waals surface area contributed by atoms with Crippen molar-refractivity contribution in [2.45, 2.75) is 122 Å². The summed E-state index contributed by atoms with van der Waals surface area (Å²) < 4.78 is 5.36. The average molecular weight is 423 g/mol. The van der Waals surface area contributed by atoms with Gasteiger partial charge >= 0.3 is 11.9 Å². The first-order valence-electron chi connectivity index (χ1n) is 12.7. The highest BCUT2D eigenvalue weighted by Gasteiger charge is 2.36. The van der Waals surface area contributed by atoms with E-state index in [1.807, 2.05) is 0 Å². The van der Waals surface area contributed by atoms with E-state index in [4.69, 9.17) is 4.74 Å². The molecule has 0 radical (unpaired) electrons. The topological polar surface area (TPSA) is 63.6 Å². The van der Waals surface area contributed by atoms with Gasteiger partial charge in [-0.25, -0.2) is 0 Å². The lowest BCUT2D eigenvalue weighted by molar-refractivity contribution is -0.159. The van der Waals surface area contributed by atoms with Crippen LogP contribution in [0.25, 0.3) is 0 Å². The van der Waals surface area contributed by atoms with E-state index in [0.29, 0.717) is 19.4 Å². The van der Waals surface area contributed by atoms with Gasteiger partial charge in [0, 0.05) is 0 Å². The average Bonchev–Trinajstić information content (AvgIpc) is 2.75. The van der Waals surface area contributed by atoms with Crippen LogP contribution in [0.5, 0.6) is 0 Å². The Labute approximate surface area is 184 Å². The van der Waals surface area contributed by atoms with E-state index in [2.05, 4.69) is 19.1 Å². The van der Waals surface area contributed by atoms with Gasteiger partial charge in [-0.1, -0.05) is 83.3 Å². The maximum Gasteiger partial charge on any atom is 0.309 e. The van der Waals surface area contributed by atoms with Crippen molar-refractivity contribution in [3.8, 4) is 0 Å². The highest BCUT2D eigenvalue weighted by Crippen LogP contribution is 2.31. The van der Waals surface area contributed by atoms with Crippen molar-refractivity contribution in [2.24, 2.45) is 11.8 Å². The van der Waals surface area contributed by atoms with Crippen LogP contribution in [0.4, 0.5) is 0 Å². The Bertz CT molecular complexity index is 472. The summed E-state index contributed by atoms with van der Waals surface area (Å²) in [6.45, 7) is 2.69. The Morgan fingerprint density at radius 1 is 0.767 bits per heavy atom. The van der Waals surface area contributed by atoms with Gasteiger partial charge in [-0.3, -0.25) is 9.59 Å². The van der Waals surface area contributed by atoms with Crippen LogP contribution in [-0.4, -0.2) is 23.7 Å². The zero-order valence-electron chi connectivity index (χ0n) is 19.4. The highest BCUT2D eigenvalue weighted by atomic mass is 16.5. The maximum absolute atomic E-state index is 12.2. The Morgan fingerprint density at radius 2 is 1.27 bits per heavy atom. The fourth-order valence-electron chi connectivity index (χ4n) is 4.34. The Hall–Kier alpha value is -1.32. The van der Waals surface area contributed by atoms with Crippen LogP contribution in [-0.2, 0) is 14.3 Å². The fraction of sp³-hybridized carbons (Fsp3) is 0.846. The van der Waals surface area contributed by atoms with Crippen LogP contribution >= 0.6 is 0 Å². The SMILES string of the molecule is CCCCCCCCCCC/C=C/CCCCCOC(=O)C1CCCCC1C(=O)O. The molecule has 30 heavy (non-hydrogen) atoms. The number of ether oxygens (including phenoxy) is 1. The summed E-state index contributed by atoms with van der Waals surface area (Å²) >= 11 is 0. The van der Waals surface area contributed by atoms with Crippen molar-refractivity contribution in [3.63, 3.8) is 0 Å². The van der Waals surface area contributed by atoms with Crippen LogP contribution in [0.3, 0.4) is 0 Å². The van der Waals surface area contributed by atoms with Crippen molar-refractivity contribution in [3.05, 3.63) is 12.2 Å². The lowest BCUT2D eigenvalue weighted by Gasteiger charge is -2.26. The molecular weight excluding hydrogens is 376 g/mol. The van der Waals surface area contributed by atoms with Crippen molar-refractivity contribution in [1.29, 1.82) is 0 Å². The zero-order valence-corrected chi connectivity index (χ0v) is 19.4. The van der Waals surface area contributed by atoms with Crippen molar-refractivity contribution < 1.29 is 19.4 Å². The van der Waals surface area contributed by atoms with Crippen molar-refractivity contribution >= 4 is 11.9 Å². The van der Waals surface area contributed by atoms with Gasteiger partial charge in [0.2, 0.25) is 0 Å². The van der Waals surface area contributed by atoms with Gasteiger partial charge in [0.05, 0.1) is 18.4 Å². The number of allylic oxidation sites excluding steroid dienone is 2. The molecule has 1 aliphatic rings. The van der Waals surface area contributed by atoms with E-state index in [-0.39, 0.29) is 5.97 Å².